The van der Waals surface area contributed by atoms with Crippen molar-refractivity contribution in [3.8, 4) is 0 Å². The zero-order valence-corrected chi connectivity index (χ0v) is 50.5. The predicted molar refractivity (Wildman–Crippen MR) is 318 cm³/mol. The number of likely N-dealkylation sites (N-methyl/N-ethyl adjacent to an activating group) is 1. The van der Waals surface area contributed by atoms with Gasteiger partial charge in [-0.3, -0.25) is 13.8 Å². The maximum absolute atomic E-state index is 13.0. The number of phosphoric acid groups is 1. The number of nitrogens with one attached hydrogen (secondary N) is 1. The summed E-state index contributed by atoms with van der Waals surface area (Å²) >= 11 is 0. The van der Waals surface area contributed by atoms with Gasteiger partial charge in [0.05, 0.1) is 39.9 Å². The molecular formula is C64H128N2O6P+. The monoisotopic (exact) mass is 1050 g/mol. The molecule has 0 aromatic rings. The highest BCUT2D eigenvalue weighted by Gasteiger charge is 2.28. The number of carbonyl (C=O) groups is 1. The van der Waals surface area contributed by atoms with Gasteiger partial charge in [-0.25, -0.2) is 4.57 Å². The molecule has 0 spiro atoms. The van der Waals surface area contributed by atoms with Gasteiger partial charge in [0, 0.05) is 6.42 Å². The third-order valence-electron chi connectivity index (χ3n) is 14.9. The second-order valence-corrected chi connectivity index (χ2v) is 24.9. The van der Waals surface area contributed by atoms with Crippen LogP contribution in [0.2, 0.25) is 0 Å². The molecule has 3 unspecified atom stereocenters. The molecule has 0 fully saturated rings. The van der Waals surface area contributed by atoms with Crippen LogP contribution in [0.1, 0.15) is 328 Å². The first-order valence-corrected chi connectivity index (χ1v) is 33.7. The van der Waals surface area contributed by atoms with Crippen LogP contribution < -0.4 is 5.32 Å². The minimum Gasteiger partial charge on any atom is -0.387 e. The summed E-state index contributed by atoms with van der Waals surface area (Å²) in [6.07, 6.45) is 71.6. The van der Waals surface area contributed by atoms with Gasteiger partial charge in [0.1, 0.15) is 13.2 Å². The summed E-state index contributed by atoms with van der Waals surface area (Å²) in [6.45, 7) is 4.87. The largest absolute Gasteiger partial charge is 0.472 e. The lowest BCUT2D eigenvalue weighted by molar-refractivity contribution is -0.870. The SMILES string of the molecule is CCCCCCCCCC/C=C\CCCCCCCCCCCCCCCCCC(=O)NC(COP(=O)(O)OCC[N+](C)(C)C)C(O)/C=C/CCCCCCCCCCCCCCCCCCCCCCCC. The molecule has 0 aliphatic heterocycles. The quantitative estimate of drug-likeness (QED) is 0.0243. The van der Waals surface area contributed by atoms with Crippen LogP contribution in [0.5, 0.6) is 0 Å². The highest BCUT2D eigenvalue weighted by atomic mass is 31.2. The molecule has 73 heavy (non-hydrogen) atoms. The van der Waals surface area contributed by atoms with Crippen LogP contribution >= 0.6 is 7.82 Å². The number of aliphatic hydroxyl groups is 1. The molecule has 0 saturated heterocycles. The molecule has 0 aliphatic rings. The lowest BCUT2D eigenvalue weighted by atomic mass is 10.0. The standard InChI is InChI=1S/C64H127N2O6P/c1-6-8-10-12-14-16-18-20-22-24-26-28-30-32-33-34-36-38-40-42-44-46-48-50-52-54-56-58-64(68)65-62(61-72-73(69,70)71-60-59-66(3,4)5)63(67)57-55-53-51-49-47-45-43-41-39-37-35-31-29-27-25-23-21-19-17-15-13-11-9-7-2/h24,26,55,57,62-63,67H,6-23,25,27-54,56,58-61H2,1-5H3,(H-,65,68,69,70)/p+1/b26-24-,57-55+. The fraction of sp³-hybridized carbons (Fsp3) is 0.922. The second-order valence-electron chi connectivity index (χ2n) is 23.5. The van der Waals surface area contributed by atoms with Gasteiger partial charge in [-0.15, -0.1) is 0 Å². The Morgan fingerprint density at radius 3 is 1.05 bits per heavy atom. The lowest BCUT2D eigenvalue weighted by Gasteiger charge is -2.25. The Hall–Kier alpha value is -1.02. The number of aliphatic hydroxyl groups excluding tert-OH is 1. The van der Waals surface area contributed by atoms with Crippen LogP contribution in [0.15, 0.2) is 24.3 Å². The Kier molecular flexibility index (Phi) is 54.9. The van der Waals surface area contributed by atoms with Crippen molar-refractivity contribution in [2.24, 2.45) is 0 Å². The summed E-state index contributed by atoms with van der Waals surface area (Å²) in [6, 6.07) is -0.845. The van der Waals surface area contributed by atoms with Crippen molar-refractivity contribution in [2.45, 2.75) is 341 Å². The summed E-state index contributed by atoms with van der Waals surface area (Å²) in [5.74, 6) is -0.170. The third-order valence-corrected chi connectivity index (χ3v) is 15.9. The van der Waals surface area contributed by atoms with E-state index in [0.29, 0.717) is 17.4 Å². The number of rotatable bonds is 60. The van der Waals surface area contributed by atoms with Crippen LogP contribution in [-0.2, 0) is 18.4 Å². The zero-order chi connectivity index (χ0) is 53.5. The first kappa shape index (κ1) is 72.0. The van der Waals surface area contributed by atoms with E-state index in [1.54, 1.807) is 6.08 Å². The molecule has 0 aromatic heterocycles. The summed E-state index contributed by atoms with van der Waals surface area (Å²) < 4.78 is 23.8. The molecular weight excluding hydrogens is 924 g/mol. The van der Waals surface area contributed by atoms with E-state index in [0.717, 1.165) is 32.1 Å². The van der Waals surface area contributed by atoms with Gasteiger partial charge in [0.15, 0.2) is 0 Å². The molecule has 0 aromatic carbocycles. The lowest BCUT2D eigenvalue weighted by Crippen LogP contribution is -2.45. The molecule has 0 bridgehead atoms. The average Bonchev–Trinajstić information content (AvgIpc) is 3.35. The number of nitrogens with zero attached hydrogens (tertiary/aromatic N) is 1. The van der Waals surface area contributed by atoms with Gasteiger partial charge in [0.2, 0.25) is 5.91 Å². The Labute approximate surface area is 455 Å². The second kappa shape index (κ2) is 55.7. The summed E-state index contributed by atoms with van der Waals surface area (Å²) in [5, 5.41) is 14.0. The predicted octanol–water partition coefficient (Wildman–Crippen LogP) is 19.9. The van der Waals surface area contributed by atoms with E-state index >= 15 is 0 Å². The molecule has 0 rings (SSSR count). The minimum absolute atomic E-state index is 0.0640. The van der Waals surface area contributed by atoms with Crippen molar-refractivity contribution in [3.05, 3.63) is 24.3 Å². The molecule has 8 nitrogen and oxygen atoms in total. The van der Waals surface area contributed by atoms with Gasteiger partial charge in [-0.05, 0) is 44.9 Å². The first-order valence-electron chi connectivity index (χ1n) is 32.2. The molecule has 0 radical (unpaired) electrons. The van der Waals surface area contributed by atoms with Gasteiger partial charge >= 0.3 is 7.82 Å². The van der Waals surface area contributed by atoms with Crippen molar-refractivity contribution < 1.29 is 32.9 Å². The van der Waals surface area contributed by atoms with E-state index in [4.69, 9.17) is 9.05 Å². The van der Waals surface area contributed by atoms with Crippen molar-refractivity contribution in [1.29, 1.82) is 0 Å². The van der Waals surface area contributed by atoms with Gasteiger partial charge in [-0.2, -0.15) is 0 Å². The fourth-order valence-corrected chi connectivity index (χ4v) is 10.6. The first-order chi connectivity index (χ1) is 35.5. The van der Waals surface area contributed by atoms with Gasteiger partial charge < -0.3 is 19.8 Å². The number of hydrogen-bond acceptors (Lipinski definition) is 5. The maximum Gasteiger partial charge on any atom is 0.472 e. The Morgan fingerprint density at radius 1 is 0.452 bits per heavy atom. The number of hydrogen-bond donors (Lipinski definition) is 3. The highest BCUT2D eigenvalue weighted by molar-refractivity contribution is 7.47. The minimum atomic E-state index is -4.35. The third kappa shape index (κ3) is 58.5. The average molecular weight is 1050 g/mol. The molecule has 0 heterocycles. The highest BCUT2D eigenvalue weighted by Crippen LogP contribution is 2.43. The summed E-state index contributed by atoms with van der Waals surface area (Å²) in [7, 11) is 1.59. The van der Waals surface area contributed by atoms with Crippen LogP contribution in [0.25, 0.3) is 0 Å². The summed E-state index contributed by atoms with van der Waals surface area (Å²) in [4.78, 5) is 23.4. The number of unbranched alkanes of at least 4 members (excludes halogenated alkanes) is 45. The Morgan fingerprint density at radius 2 is 0.740 bits per heavy atom. The van der Waals surface area contributed by atoms with Crippen molar-refractivity contribution >= 4 is 13.7 Å². The molecule has 434 valence electrons. The van der Waals surface area contributed by atoms with Crippen LogP contribution in [0.4, 0.5) is 0 Å². The van der Waals surface area contributed by atoms with E-state index in [-0.39, 0.29) is 19.1 Å². The molecule has 3 N–H and O–H groups in total. The van der Waals surface area contributed by atoms with Crippen LogP contribution in [-0.4, -0.2) is 73.4 Å². The number of allylic oxidation sites excluding steroid dienone is 3. The van der Waals surface area contributed by atoms with Gasteiger partial charge in [0.25, 0.3) is 0 Å². The topological polar surface area (TPSA) is 105 Å². The van der Waals surface area contributed by atoms with E-state index in [1.807, 2.05) is 27.2 Å². The number of phosphoric ester groups is 1. The molecule has 9 heteroatoms. The van der Waals surface area contributed by atoms with Gasteiger partial charge in [-0.1, -0.05) is 301 Å². The van der Waals surface area contributed by atoms with E-state index in [9.17, 15) is 19.4 Å². The van der Waals surface area contributed by atoms with E-state index < -0.39 is 20.0 Å². The molecule has 1 amide bonds. The molecule has 0 saturated carbocycles. The maximum atomic E-state index is 13.0. The van der Waals surface area contributed by atoms with Crippen LogP contribution in [0.3, 0.4) is 0 Å². The Balaban J connectivity index is 4.11. The van der Waals surface area contributed by atoms with Crippen molar-refractivity contribution in [1.82, 2.24) is 5.32 Å². The number of amides is 1. The summed E-state index contributed by atoms with van der Waals surface area (Å²) in [5.41, 5.74) is 0. The number of carbonyl (C=O) groups excluding carboxylic acids is 1. The van der Waals surface area contributed by atoms with Crippen molar-refractivity contribution in [3.63, 3.8) is 0 Å². The smallest absolute Gasteiger partial charge is 0.387 e. The Bertz CT molecular complexity index is 1240. The van der Waals surface area contributed by atoms with Crippen LogP contribution in [0, 0.1) is 0 Å². The van der Waals surface area contributed by atoms with Crippen molar-refractivity contribution in [2.75, 3.05) is 40.9 Å². The van der Waals surface area contributed by atoms with E-state index in [1.165, 1.54) is 276 Å². The van der Waals surface area contributed by atoms with E-state index in [2.05, 4.69) is 31.3 Å². The number of quaternary nitrogens is 1. The normalized spacial score (nSPS) is 13.9. The fourth-order valence-electron chi connectivity index (χ4n) is 9.86. The molecule has 0 aliphatic carbocycles. The zero-order valence-electron chi connectivity index (χ0n) is 49.7. The molecule has 3 atom stereocenters.